The first-order chi connectivity index (χ1) is 20.7. The summed E-state index contributed by atoms with van der Waals surface area (Å²) >= 11 is 2.70. The maximum Gasteiger partial charge on any atom is 0.250 e. The van der Waals surface area contributed by atoms with Crippen molar-refractivity contribution in [2.24, 2.45) is 0 Å². The zero-order valence-electron chi connectivity index (χ0n) is 24.7. The van der Waals surface area contributed by atoms with Crippen molar-refractivity contribution in [1.29, 1.82) is 0 Å². The minimum absolute atomic E-state index is 0.0620. The summed E-state index contributed by atoms with van der Waals surface area (Å²) in [5.41, 5.74) is 2.74. The number of methoxy groups -OCH3 is 1. The van der Waals surface area contributed by atoms with Gasteiger partial charge in [0, 0.05) is 34.1 Å². The molecule has 224 valence electrons. The Bertz CT molecular complexity index is 1610. The minimum Gasteiger partial charge on any atom is -0.497 e. The van der Waals surface area contributed by atoms with Crippen LogP contribution >= 0.6 is 23.1 Å². The van der Waals surface area contributed by atoms with E-state index < -0.39 is 5.54 Å². The highest BCUT2D eigenvalue weighted by Crippen LogP contribution is 2.35. The quantitative estimate of drug-likeness (QED) is 0.162. The van der Waals surface area contributed by atoms with Crippen LogP contribution in [0.2, 0.25) is 0 Å². The lowest BCUT2D eigenvalue weighted by atomic mass is 9.94. The monoisotopic (exact) mass is 619 g/mol. The van der Waals surface area contributed by atoms with Crippen LogP contribution in [-0.2, 0) is 16.1 Å². The van der Waals surface area contributed by atoms with Gasteiger partial charge in [-0.25, -0.2) is 15.0 Å². The number of thioether (sulfide) groups is 1. The number of rotatable bonds is 11. The molecular formula is C31H33N5O5S2. The van der Waals surface area contributed by atoms with E-state index in [2.05, 4.69) is 15.3 Å². The zero-order chi connectivity index (χ0) is 30.6. The summed E-state index contributed by atoms with van der Waals surface area (Å²) in [4.78, 5) is 43.2. The number of hydrogen-bond acceptors (Lipinski definition) is 10. The largest absolute Gasteiger partial charge is 0.497 e. The average molecular weight is 620 g/mol. The maximum absolute atomic E-state index is 13.9. The van der Waals surface area contributed by atoms with Crippen molar-refractivity contribution in [3.8, 4) is 28.5 Å². The standard InChI is InChI=1S/C31H33N5O5S2/c1-6-31(4,29(38)34-22-9-12-25-26(14-22)41-18-40-25)36(28(37)17-43-30-32-19(2)13-20(3)33-30)15-27-35-24(16-42-27)21-7-10-23(39-5)11-8-21/h7-14,16H,6,15,17-18H2,1-5H3,(H,34,38). The van der Waals surface area contributed by atoms with Gasteiger partial charge in [0.2, 0.25) is 18.6 Å². The number of nitrogens with zero attached hydrogens (tertiary/aromatic N) is 4. The van der Waals surface area contributed by atoms with Crippen molar-refractivity contribution in [3.05, 3.63) is 70.3 Å². The van der Waals surface area contributed by atoms with Crippen molar-refractivity contribution in [3.63, 3.8) is 0 Å². The van der Waals surface area contributed by atoms with E-state index in [1.54, 1.807) is 37.1 Å². The van der Waals surface area contributed by atoms with Gasteiger partial charge >= 0.3 is 0 Å². The first-order valence-corrected chi connectivity index (χ1v) is 15.6. The van der Waals surface area contributed by atoms with E-state index in [9.17, 15) is 9.59 Å². The Morgan fingerprint density at radius 3 is 2.47 bits per heavy atom. The van der Waals surface area contributed by atoms with Crippen LogP contribution in [0, 0.1) is 13.8 Å². The van der Waals surface area contributed by atoms with Crippen LogP contribution in [0.4, 0.5) is 5.69 Å². The van der Waals surface area contributed by atoms with Crippen molar-refractivity contribution >= 4 is 40.6 Å². The molecule has 0 saturated heterocycles. The SMILES string of the molecule is CCC(C)(C(=O)Nc1ccc2c(c1)OCO2)N(Cc1nc(-c2ccc(OC)cc2)cs1)C(=O)CSc1nc(C)cc(C)n1. The van der Waals surface area contributed by atoms with Gasteiger partial charge in [0.1, 0.15) is 16.3 Å². The number of aromatic nitrogens is 3. The third-order valence-electron chi connectivity index (χ3n) is 7.22. The van der Waals surface area contributed by atoms with Crippen molar-refractivity contribution in [2.45, 2.75) is 51.4 Å². The number of anilines is 1. The number of amides is 2. The lowest BCUT2D eigenvalue weighted by Gasteiger charge is -2.39. The molecule has 10 nitrogen and oxygen atoms in total. The second kappa shape index (κ2) is 13.0. The lowest BCUT2D eigenvalue weighted by molar-refractivity contribution is -0.143. The van der Waals surface area contributed by atoms with Crippen LogP contribution < -0.4 is 19.5 Å². The highest BCUT2D eigenvalue weighted by Gasteiger charge is 2.41. The Balaban J connectivity index is 1.41. The average Bonchev–Trinajstić information content (AvgIpc) is 3.67. The number of carbonyl (C=O) groups is 2. The Kier molecular flexibility index (Phi) is 9.16. The van der Waals surface area contributed by atoms with E-state index in [0.29, 0.717) is 33.8 Å². The predicted octanol–water partition coefficient (Wildman–Crippen LogP) is 5.88. The predicted molar refractivity (Wildman–Crippen MR) is 167 cm³/mol. The molecule has 3 heterocycles. The topological polar surface area (TPSA) is 116 Å². The first kappa shape index (κ1) is 30.3. The minimum atomic E-state index is -1.19. The molecule has 1 aliphatic heterocycles. The highest BCUT2D eigenvalue weighted by molar-refractivity contribution is 7.99. The number of aryl methyl sites for hydroxylation is 2. The number of carbonyl (C=O) groups excluding carboxylic acids is 2. The summed E-state index contributed by atoms with van der Waals surface area (Å²) < 4.78 is 16.1. The van der Waals surface area contributed by atoms with Crippen molar-refractivity contribution in [1.82, 2.24) is 19.9 Å². The van der Waals surface area contributed by atoms with Gasteiger partial charge < -0.3 is 24.4 Å². The fourth-order valence-corrected chi connectivity index (χ4v) is 6.24. The molecule has 2 amide bonds. The van der Waals surface area contributed by atoms with Crippen LogP contribution in [0.25, 0.3) is 11.3 Å². The smallest absolute Gasteiger partial charge is 0.250 e. The third-order valence-corrected chi connectivity index (χ3v) is 8.89. The summed E-state index contributed by atoms with van der Waals surface area (Å²) in [6.07, 6.45) is 0.372. The van der Waals surface area contributed by atoms with E-state index in [1.165, 1.54) is 23.1 Å². The molecule has 1 atom stereocenters. The van der Waals surface area contributed by atoms with Gasteiger partial charge in [-0.15, -0.1) is 11.3 Å². The molecule has 12 heteroatoms. The Morgan fingerprint density at radius 1 is 1.05 bits per heavy atom. The van der Waals surface area contributed by atoms with E-state index in [4.69, 9.17) is 19.2 Å². The first-order valence-electron chi connectivity index (χ1n) is 13.7. The van der Waals surface area contributed by atoms with E-state index in [-0.39, 0.29) is 30.9 Å². The normalized spacial score (nSPS) is 13.3. The molecule has 1 N–H and O–H groups in total. The third kappa shape index (κ3) is 6.91. The highest BCUT2D eigenvalue weighted by atomic mass is 32.2. The molecule has 1 unspecified atom stereocenters. The van der Waals surface area contributed by atoms with Gasteiger partial charge in [-0.05, 0) is 69.7 Å². The maximum atomic E-state index is 13.9. The van der Waals surface area contributed by atoms with Crippen LogP contribution in [0.3, 0.4) is 0 Å². The van der Waals surface area contributed by atoms with Gasteiger partial charge in [0.25, 0.3) is 0 Å². The number of benzene rings is 2. The number of fused-ring (bicyclic) bond motifs is 1. The molecule has 0 aliphatic carbocycles. The summed E-state index contributed by atoms with van der Waals surface area (Å²) in [6.45, 7) is 7.75. The summed E-state index contributed by atoms with van der Waals surface area (Å²) in [5.74, 6) is 1.46. The molecular weight excluding hydrogens is 587 g/mol. The molecule has 2 aromatic carbocycles. The van der Waals surface area contributed by atoms with Gasteiger partial charge in [0.05, 0.1) is 25.1 Å². The Labute approximate surface area is 258 Å². The summed E-state index contributed by atoms with van der Waals surface area (Å²) in [5, 5.41) is 6.17. The molecule has 0 bridgehead atoms. The van der Waals surface area contributed by atoms with E-state index in [0.717, 1.165) is 28.4 Å². The molecule has 0 spiro atoms. The number of hydrogen-bond donors (Lipinski definition) is 1. The molecule has 1 aliphatic rings. The Morgan fingerprint density at radius 2 is 1.77 bits per heavy atom. The molecule has 5 rings (SSSR count). The molecule has 0 saturated carbocycles. The van der Waals surface area contributed by atoms with Crippen LogP contribution in [-0.4, -0.2) is 56.9 Å². The van der Waals surface area contributed by atoms with Crippen molar-refractivity contribution < 1.29 is 23.8 Å². The van der Waals surface area contributed by atoms with E-state index >= 15 is 0 Å². The van der Waals surface area contributed by atoms with E-state index in [1.807, 2.05) is 56.5 Å². The number of nitrogens with one attached hydrogen (secondary N) is 1. The zero-order valence-corrected chi connectivity index (χ0v) is 26.3. The molecule has 0 fully saturated rings. The number of thiazole rings is 1. The van der Waals surface area contributed by atoms with Crippen LogP contribution in [0.5, 0.6) is 17.2 Å². The van der Waals surface area contributed by atoms with Crippen molar-refractivity contribution in [2.75, 3.05) is 25.0 Å². The Hall–Kier alpha value is -4.16. The van der Waals surface area contributed by atoms with Gasteiger partial charge in [-0.2, -0.15) is 0 Å². The second-order valence-corrected chi connectivity index (χ2v) is 12.1. The molecule has 0 radical (unpaired) electrons. The van der Waals surface area contributed by atoms with Crippen LogP contribution in [0.1, 0.15) is 36.7 Å². The summed E-state index contributed by atoms with van der Waals surface area (Å²) in [6, 6.07) is 14.7. The van der Waals surface area contributed by atoms with Gasteiger partial charge in [-0.3, -0.25) is 9.59 Å². The summed E-state index contributed by atoms with van der Waals surface area (Å²) in [7, 11) is 1.62. The van der Waals surface area contributed by atoms with Gasteiger partial charge in [-0.1, -0.05) is 18.7 Å². The fourth-order valence-electron chi connectivity index (χ4n) is 4.63. The lowest BCUT2D eigenvalue weighted by Crippen LogP contribution is -2.57. The van der Waals surface area contributed by atoms with Crippen LogP contribution in [0.15, 0.2) is 59.1 Å². The second-order valence-electron chi connectivity index (χ2n) is 10.2. The fraction of sp³-hybridized carbons (Fsp3) is 0.323. The van der Waals surface area contributed by atoms with Gasteiger partial charge in [0.15, 0.2) is 16.7 Å². The molecule has 4 aromatic rings. The molecule has 43 heavy (non-hydrogen) atoms. The number of ether oxygens (including phenoxy) is 3. The molecule has 2 aromatic heterocycles.